The van der Waals surface area contributed by atoms with Crippen molar-refractivity contribution in [3.05, 3.63) is 53.8 Å². The van der Waals surface area contributed by atoms with Crippen molar-refractivity contribution in [2.75, 3.05) is 0 Å². The Morgan fingerprint density at radius 1 is 0.812 bits per heavy atom. The summed E-state index contributed by atoms with van der Waals surface area (Å²) in [7, 11) is 0. The van der Waals surface area contributed by atoms with Crippen LogP contribution in [0.25, 0.3) is 11.1 Å². The van der Waals surface area contributed by atoms with E-state index in [0.29, 0.717) is 0 Å². The summed E-state index contributed by atoms with van der Waals surface area (Å²) in [5.41, 5.74) is 0.539. The van der Waals surface area contributed by atoms with E-state index in [1.807, 2.05) is 0 Å². The molecule has 0 aliphatic rings. The molecule has 0 amide bonds. The van der Waals surface area contributed by atoms with Gasteiger partial charge in [-0.1, -0.05) is 6.07 Å². The third-order valence-corrected chi connectivity index (χ3v) is 2.19. The molecular formula is C12H7F3O. The zero-order chi connectivity index (χ0) is 11.7. The third-order valence-electron chi connectivity index (χ3n) is 2.19. The highest BCUT2D eigenvalue weighted by molar-refractivity contribution is 5.69. The Morgan fingerprint density at radius 2 is 1.56 bits per heavy atom. The van der Waals surface area contributed by atoms with E-state index in [1.165, 1.54) is 12.1 Å². The van der Waals surface area contributed by atoms with Gasteiger partial charge in [-0.2, -0.15) is 0 Å². The summed E-state index contributed by atoms with van der Waals surface area (Å²) in [4.78, 5) is 0. The van der Waals surface area contributed by atoms with E-state index in [4.69, 9.17) is 0 Å². The highest BCUT2D eigenvalue weighted by Gasteiger charge is 2.08. The van der Waals surface area contributed by atoms with Crippen LogP contribution in [0.1, 0.15) is 0 Å². The summed E-state index contributed by atoms with van der Waals surface area (Å²) in [5.74, 6) is -2.89. The van der Waals surface area contributed by atoms with Gasteiger partial charge in [0.15, 0.2) is 11.6 Å². The van der Waals surface area contributed by atoms with Crippen molar-refractivity contribution in [2.24, 2.45) is 0 Å². The molecule has 0 saturated heterocycles. The first kappa shape index (κ1) is 10.5. The van der Waals surface area contributed by atoms with Gasteiger partial charge in [-0.3, -0.25) is 0 Å². The second-order valence-electron chi connectivity index (χ2n) is 3.29. The molecule has 16 heavy (non-hydrogen) atoms. The number of phenols is 1. The molecule has 1 N–H and O–H groups in total. The van der Waals surface area contributed by atoms with Crippen molar-refractivity contribution in [2.45, 2.75) is 0 Å². The molecule has 2 rings (SSSR count). The average Bonchev–Trinajstić information content (AvgIpc) is 2.22. The zero-order valence-electron chi connectivity index (χ0n) is 8.05. The molecular weight excluding hydrogens is 217 g/mol. The van der Waals surface area contributed by atoms with Crippen molar-refractivity contribution in [3.63, 3.8) is 0 Å². The Kier molecular flexibility index (Phi) is 2.56. The van der Waals surface area contributed by atoms with Crippen LogP contribution in [0, 0.1) is 17.5 Å². The predicted octanol–water partition coefficient (Wildman–Crippen LogP) is 3.48. The van der Waals surface area contributed by atoms with Crippen molar-refractivity contribution in [1.82, 2.24) is 0 Å². The first-order chi connectivity index (χ1) is 7.58. The van der Waals surface area contributed by atoms with Crippen LogP contribution >= 0.6 is 0 Å². The summed E-state index contributed by atoms with van der Waals surface area (Å²) in [6.07, 6.45) is 0. The Balaban J connectivity index is 2.54. The number of halogens is 3. The van der Waals surface area contributed by atoms with Crippen LogP contribution in [0.2, 0.25) is 0 Å². The lowest BCUT2D eigenvalue weighted by Gasteiger charge is -2.05. The smallest absolute Gasteiger partial charge is 0.159 e. The Hall–Kier alpha value is -1.97. The van der Waals surface area contributed by atoms with Crippen LogP contribution in [-0.4, -0.2) is 5.11 Å². The van der Waals surface area contributed by atoms with Gasteiger partial charge in [-0.05, 0) is 29.8 Å². The van der Waals surface area contributed by atoms with Crippen molar-refractivity contribution in [1.29, 1.82) is 0 Å². The quantitative estimate of drug-likeness (QED) is 0.786. The lowest BCUT2D eigenvalue weighted by atomic mass is 10.0. The van der Waals surface area contributed by atoms with E-state index in [0.717, 1.165) is 24.3 Å². The fourth-order valence-corrected chi connectivity index (χ4v) is 1.41. The average molecular weight is 224 g/mol. The summed E-state index contributed by atoms with van der Waals surface area (Å²) >= 11 is 0. The van der Waals surface area contributed by atoms with E-state index in [1.54, 1.807) is 0 Å². The molecule has 0 unspecified atom stereocenters. The number of hydrogen-bond acceptors (Lipinski definition) is 1. The highest BCUT2D eigenvalue weighted by Crippen LogP contribution is 2.30. The molecule has 1 nitrogen and oxygen atoms in total. The van der Waals surface area contributed by atoms with E-state index < -0.39 is 17.5 Å². The molecule has 82 valence electrons. The first-order valence-electron chi connectivity index (χ1n) is 4.52. The monoisotopic (exact) mass is 224 g/mol. The molecule has 2 aromatic rings. The molecule has 2 aromatic carbocycles. The summed E-state index contributed by atoms with van der Waals surface area (Å²) in [6, 6.07) is 6.56. The summed E-state index contributed by atoms with van der Waals surface area (Å²) in [6.45, 7) is 0. The van der Waals surface area contributed by atoms with Gasteiger partial charge in [0.05, 0.1) is 0 Å². The van der Waals surface area contributed by atoms with Crippen molar-refractivity contribution < 1.29 is 18.3 Å². The maximum absolute atomic E-state index is 12.9. The number of hydrogen-bond donors (Lipinski definition) is 1. The van der Waals surface area contributed by atoms with E-state index in [9.17, 15) is 18.3 Å². The first-order valence-corrected chi connectivity index (χ1v) is 4.52. The number of benzene rings is 2. The summed E-state index contributed by atoms with van der Waals surface area (Å²) < 4.78 is 38.3. The lowest BCUT2D eigenvalue weighted by Crippen LogP contribution is -1.86. The minimum atomic E-state index is -1.01. The lowest BCUT2D eigenvalue weighted by molar-refractivity contribution is 0.471. The summed E-state index contributed by atoms with van der Waals surface area (Å²) in [5, 5.41) is 9.45. The molecule has 0 aliphatic heterocycles. The van der Waals surface area contributed by atoms with Crippen molar-refractivity contribution >= 4 is 0 Å². The zero-order valence-corrected chi connectivity index (χ0v) is 8.05. The number of aromatic hydroxyl groups is 1. The Bertz CT molecular complexity index is 538. The maximum Gasteiger partial charge on any atom is 0.159 e. The fourth-order valence-electron chi connectivity index (χ4n) is 1.41. The van der Waals surface area contributed by atoms with E-state index >= 15 is 0 Å². The standard InChI is InChI=1S/C12H7F3O/c13-8-2-3-9(12(16)6-8)7-1-4-10(14)11(15)5-7/h1-6,16H. The SMILES string of the molecule is Oc1cc(F)ccc1-c1ccc(F)c(F)c1. The molecule has 0 fully saturated rings. The minimum absolute atomic E-state index is 0.250. The molecule has 0 bridgehead atoms. The molecule has 0 heterocycles. The molecule has 0 aromatic heterocycles. The van der Waals surface area contributed by atoms with Gasteiger partial charge in [0.2, 0.25) is 0 Å². The minimum Gasteiger partial charge on any atom is -0.507 e. The van der Waals surface area contributed by atoms with Crippen LogP contribution in [0.3, 0.4) is 0 Å². The highest BCUT2D eigenvalue weighted by atomic mass is 19.2. The van der Waals surface area contributed by atoms with Gasteiger partial charge in [0.1, 0.15) is 11.6 Å². The van der Waals surface area contributed by atoms with E-state index in [2.05, 4.69) is 0 Å². The van der Waals surface area contributed by atoms with Gasteiger partial charge < -0.3 is 5.11 Å². The molecule has 0 saturated carbocycles. The van der Waals surface area contributed by atoms with Gasteiger partial charge in [-0.25, -0.2) is 13.2 Å². The molecule has 0 spiro atoms. The largest absolute Gasteiger partial charge is 0.507 e. The van der Waals surface area contributed by atoms with E-state index in [-0.39, 0.29) is 16.9 Å². The Labute approximate surface area is 89.8 Å². The van der Waals surface area contributed by atoms with Crippen LogP contribution < -0.4 is 0 Å². The molecule has 0 atom stereocenters. The second kappa shape index (κ2) is 3.89. The molecule has 4 heteroatoms. The van der Waals surface area contributed by atoms with Crippen LogP contribution in [0.4, 0.5) is 13.2 Å². The number of phenolic OH excluding ortho intramolecular Hbond substituents is 1. The van der Waals surface area contributed by atoms with Gasteiger partial charge in [0.25, 0.3) is 0 Å². The molecule has 0 radical (unpaired) electrons. The third kappa shape index (κ3) is 1.86. The second-order valence-corrected chi connectivity index (χ2v) is 3.29. The van der Waals surface area contributed by atoms with Crippen LogP contribution in [0.5, 0.6) is 5.75 Å². The normalized spacial score (nSPS) is 10.4. The fraction of sp³-hybridized carbons (Fsp3) is 0. The maximum atomic E-state index is 12.9. The van der Waals surface area contributed by atoms with Crippen LogP contribution in [-0.2, 0) is 0 Å². The van der Waals surface area contributed by atoms with Crippen molar-refractivity contribution in [3.8, 4) is 16.9 Å². The Morgan fingerprint density at radius 3 is 2.19 bits per heavy atom. The van der Waals surface area contributed by atoms with Gasteiger partial charge >= 0.3 is 0 Å². The van der Waals surface area contributed by atoms with Gasteiger partial charge in [-0.15, -0.1) is 0 Å². The molecule has 0 aliphatic carbocycles. The predicted molar refractivity (Wildman–Crippen MR) is 53.4 cm³/mol. The topological polar surface area (TPSA) is 20.2 Å². The van der Waals surface area contributed by atoms with Crippen LogP contribution in [0.15, 0.2) is 36.4 Å². The van der Waals surface area contributed by atoms with Gasteiger partial charge in [0, 0.05) is 11.6 Å². The number of rotatable bonds is 1.